The molecule has 1 heterocycles. The number of unbranched alkanes of at least 4 members (excludes halogenated alkanes) is 2. The van der Waals surface area contributed by atoms with Crippen molar-refractivity contribution in [2.24, 2.45) is 5.92 Å². The molecule has 3 rings (SSSR count). The molecule has 0 aromatic rings. The monoisotopic (exact) mass is 552 g/mol. The maximum atomic E-state index is 13.0. The summed E-state index contributed by atoms with van der Waals surface area (Å²) in [6.45, 7) is 10.5. The van der Waals surface area contributed by atoms with Gasteiger partial charge in [0.15, 0.2) is 29.5 Å². The molecule has 218 valence electrons. The first-order chi connectivity index (χ1) is 18.1. The van der Waals surface area contributed by atoms with E-state index in [-0.39, 0.29) is 23.1 Å². The molecule has 1 aliphatic heterocycles. The molecule has 2 fully saturated rings. The second kappa shape index (κ2) is 11.0. The van der Waals surface area contributed by atoms with Gasteiger partial charge >= 0.3 is 23.9 Å². The van der Waals surface area contributed by atoms with Crippen molar-refractivity contribution in [2.45, 2.75) is 122 Å². The van der Waals surface area contributed by atoms with Gasteiger partial charge < -0.3 is 34.3 Å². The smallest absolute Gasteiger partial charge is 0.341 e. The summed E-state index contributed by atoms with van der Waals surface area (Å²) in [6.07, 6.45) is -2.42. The standard InChI is InChI=1S/C28H40O11/c1-8-10-11-12-18(31)36-22-20-19(15(4)21(22)37-24(32)14(3)9-2)23-28(35,27(7,34)25(33)38-23)17(30)13-26(20,6)39-16(5)29/h9,17,20-23,30,34-35H,8,10-13H2,1-7H3/b14-9-/t17-,20+,21-,22-,23+,26-,27-,28-/m1/s1. The minimum atomic E-state index is -2.55. The molecular weight excluding hydrogens is 512 g/mol. The Hall–Kier alpha value is -2.76. The number of carbonyl (C=O) groups excluding carboxylic acids is 4. The number of hydrogen-bond acceptors (Lipinski definition) is 11. The van der Waals surface area contributed by atoms with Gasteiger partial charge in [-0.3, -0.25) is 9.59 Å². The van der Waals surface area contributed by atoms with Gasteiger partial charge in [-0.25, -0.2) is 9.59 Å². The quantitative estimate of drug-likeness (QED) is 0.132. The van der Waals surface area contributed by atoms with E-state index in [4.69, 9.17) is 18.9 Å². The zero-order valence-corrected chi connectivity index (χ0v) is 23.6. The van der Waals surface area contributed by atoms with Crippen LogP contribution in [0.2, 0.25) is 0 Å². The summed E-state index contributed by atoms with van der Waals surface area (Å²) in [6, 6.07) is 0. The van der Waals surface area contributed by atoms with Gasteiger partial charge in [-0.15, -0.1) is 0 Å². The number of hydrogen-bond donors (Lipinski definition) is 3. The van der Waals surface area contributed by atoms with Gasteiger partial charge in [0, 0.05) is 25.3 Å². The van der Waals surface area contributed by atoms with Crippen LogP contribution in [0, 0.1) is 5.92 Å². The molecule has 11 nitrogen and oxygen atoms in total. The van der Waals surface area contributed by atoms with E-state index in [1.165, 1.54) is 6.92 Å². The van der Waals surface area contributed by atoms with Crippen LogP contribution in [-0.2, 0) is 38.1 Å². The molecule has 1 saturated heterocycles. The van der Waals surface area contributed by atoms with E-state index < -0.39 is 77.4 Å². The third-order valence-electron chi connectivity index (χ3n) is 8.31. The second-order valence-corrected chi connectivity index (χ2v) is 11.1. The SMILES string of the molecule is C/C=C(/C)C(=O)O[C@@H]1C(C)=C2[C@@H]3OC(=O)[C@@](C)(O)[C@@]3(O)[C@H](O)C[C@@](C)(OC(C)=O)[C@@H]2[C@H]1OC(=O)CCCCC. The Labute approximate surface area is 228 Å². The van der Waals surface area contributed by atoms with E-state index in [2.05, 4.69) is 0 Å². The Morgan fingerprint density at radius 1 is 1.13 bits per heavy atom. The lowest BCUT2D eigenvalue weighted by molar-refractivity contribution is -0.199. The number of fused-ring (bicyclic) bond motifs is 3. The third-order valence-corrected chi connectivity index (χ3v) is 8.31. The fourth-order valence-corrected chi connectivity index (χ4v) is 6.03. The Kier molecular flexibility index (Phi) is 8.69. The van der Waals surface area contributed by atoms with Crippen LogP contribution in [0.25, 0.3) is 0 Å². The number of allylic oxidation sites excluding steroid dienone is 1. The number of esters is 4. The molecule has 0 radical (unpaired) electrons. The Morgan fingerprint density at radius 3 is 2.33 bits per heavy atom. The van der Waals surface area contributed by atoms with Crippen molar-refractivity contribution < 1.29 is 53.4 Å². The summed E-state index contributed by atoms with van der Waals surface area (Å²) in [4.78, 5) is 50.9. The summed E-state index contributed by atoms with van der Waals surface area (Å²) < 4.78 is 22.9. The normalized spacial score (nSPS) is 37.9. The van der Waals surface area contributed by atoms with E-state index >= 15 is 0 Å². The molecule has 0 spiro atoms. The highest BCUT2D eigenvalue weighted by Gasteiger charge is 2.74. The Bertz CT molecular complexity index is 1090. The van der Waals surface area contributed by atoms with Crippen molar-refractivity contribution in [1.29, 1.82) is 0 Å². The number of ether oxygens (including phenoxy) is 4. The van der Waals surface area contributed by atoms with Crippen LogP contribution >= 0.6 is 0 Å². The van der Waals surface area contributed by atoms with E-state index in [1.54, 1.807) is 26.8 Å². The average Bonchev–Trinajstić information content (AvgIpc) is 3.18. The first-order valence-electron chi connectivity index (χ1n) is 13.3. The number of rotatable bonds is 8. The van der Waals surface area contributed by atoms with Crippen molar-refractivity contribution >= 4 is 23.9 Å². The molecule has 1 saturated carbocycles. The van der Waals surface area contributed by atoms with Gasteiger partial charge in [-0.2, -0.15) is 0 Å². The molecule has 0 amide bonds. The van der Waals surface area contributed by atoms with E-state index in [1.807, 2.05) is 6.92 Å². The summed E-state index contributed by atoms with van der Waals surface area (Å²) >= 11 is 0. The van der Waals surface area contributed by atoms with Crippen molar-refractivity contribution in [3.8, 4) is 0 Å². The fourth-order valence-electron chi connectivity index (χ4n) is 6.03. The highest BCUT2D eigenvalue weighted by molar-refractivity contribution is 5.88. The molecule has 0 bridgehead atoms. The van der Waals surface area contributed by atoms with Crippen molar-refractivity contribution in [3.05, 3.63) is 22.8 Å². The molecule has 11 heteroatoms. The van der Waals surface area contributed by atoms with Crippen molar-refractivity contribution in [3.63, 3.8) is 0 Å². The van der Waals surface area contributed by atoms with Crippen LogP contribution in [0.3, 0.4) is 0 Å². The fraction of sp³-hybridized carbons (Fsp3) is 0.714. The molecule has 0 aromatic heterocycles. The zero-order chi connectivity index (χ0) is 29.5. The predicted octanol–water partition coefficient (Wildman–Crippen LogP) is 1.80. The summed E-state index contributed by atoms with van der Waals surface area (Å²) in [5, 5.41) is 34.0. The molecule has 3 aliphatic rings. The van der Waals surface area contributed by atoms with Crippen molar-refractivity contribution in [1.82, 2.24) is 0 Å². The first-order valence-corrected chi connectivity index (χ1v) is 13.3. The van der Waals surface area contributed by atoms with Gasteiger partial charge in [0.2, 0.25) is 0 Å². The Balaban J connectivity index is 2.23. The van der Waals surface area contributed by atoms with Crippen LogP contribution in [0.15, 0.2) is 22.8 Å². The van der Waals surface area contributed by atoms with Gasteiger partial charge in [0.25, 0.3) is 0 Å². The number of aliphatic hydroxyl groups excluding tert-OH is 1. The largest absolute Gasteiger partial charge is 0.459 e. The topological polar surface area (TPSA) is 166 Å². The van der Waals surface area contributed by atoms with Gasteiger partial charge in [-0.1, -0.05) is 25.8 Å². The summed E-state index contributed by atoms with van der Waals surface area (Å²) in [7, 11) is 0. The first kappa shape index (κ1) is 30.8. The summed E-state index contributed by atoms with van der Waals surface area (Å²) in [5.74, 6) is -4.25. The highest BCUT2D eigenvalue weighted by atomic mass is 16.6. The maximum Gasteiger partial charge on any atom is 0.341 e. The molecule has 0 unspecified atom stereocenters. The van der Waals surface area contributed by atoms with Gasteiger partial charge in [0.05, 0.1) is 12.0 Å². The predicted molar refractivity (Wildman–Crippen MR) is 136 cm³/mol. The van der Waals surface area contributed by atoms with Gasteiger partial charge in [-0.05, 0) is 52.2 Å². The average molecular weight is 553 g/mol. The minimum Gasteiger partial charge on any atom is -0.459 e. The molecule has 39 heavy (non-hydrogen) atoms. The molecule has 0 aromatic carbocycles. The zero-order valence-electron chi connectivity index (χ0n) is 23.6. The molecule has 3 N–H and O–H groups in total. The lowest BCUT2D eigenvalue weighted by Gasteiger charge is -2.40. The van der Waals surface area contributed by atoms with Crippen molar-refractivity contribution in [2.75, 3.05) is 0 Å². The molecule has 2 aliphatic carbocycles. The van der Waals surface area contributed by atoms with E-state index in [9.17, 15) is 34.5 Å². The second-order valence-electron chi connectivity index (χ2n) is 11.1. The van der Waals surface area contributed by atoms with Crippen LogP contribution in [0.4, 0.5) is 0 Å². The summed E-state index contributed by atoms with van der Waals surface area (Å²) in [5.41, 5.74) is -5.99. The molecular formula is C28H40O11. The maximum absolute atomic E-state index is 13.0. The number of carbonyl (C=O) groups is 4. The molecule has 8 atom stereocenters. The van der Waals surface area contributed by atoms with Gasteiger partial charge in [0.1, 0.15) is 5.60 Å². The van der Waals surface area contributed by atoms with Crippen LogP contribution in [0.1, 0.15) is 80.6 Å². The number of aliphatic hydroxyl groups is 3. The minimum absolute atomic E-state index is 0.0873. The van der Waals surface area contributed by atoms with Crippen LogP contribution in [0.5, 0.6) is 0 Å². The Morgan fingerprint density at radius 2 is 1.77 bits per heavy atom. The van der Waals surface area contributed by atoms with Crippen LogP contribution in [-0.4, -0.2) is 80.4 Å². The third kappa shape index (κ3) is 5.12. The lowest BCUT2D eigenvalue weighted by atomic mass is 9.75. The lowest BCUT2D eigenvalue weighted by Crippen LogP contribution is -2.63. The van der Waals surface area contributed by atoms with Crippen LogP contribution < -0.4 is 0 Å². The van der Waals surface area contributed by atoms with E-state index in [0.717, 1.165) is 26.7 Å². The van der Waals surface area contributed by atoms with E-state index in [0.29, 0.717) is 6.42 Å². The highest BCUT2D eigenvalue weighted by Crippen LogP contribution is 2.56.